The van der Waals surface area contributed by atoms with Crippen LogP contribution in [0.15, 0.2) is 18.2 Å². The molecule has 1 aromatic carbocycles. The molecule has 1 amide bonds. The predicted octanol–water partition coefficient (Wildman–Crippen LogP) is 2.68. The molecule has 0 fully saturated rings. The number of amides is 1. The predicted molar refractivity (Wildman–Crippen MR) is 83.2 cm³/mol. The highest BCUT2D eigenvalue weighted by atomic mass is 35.5. The fourth-order valence-corrected chi connectivity index (χ4v) is 2.14. The van der Waals surface area contributed by atoms with E-state index in [9.17, 15) is 9.90 Å². The minimum atomic E-state index is -0.817. The summed E-state index contributed by atoms with van der Waals surface area (Å²) in [6, 6.07) is 5.42. The highest BCUT2D eigenvalue weighted by Gasteiger charge is 2.19. The lowest BCUT2D eigenvalue weighted by Crippen LogP contribution is -2.42. The van der Waals surface area contributed by atoms with Crippen LogP contribution in [0.4, 0.5) is 5.69 Å². The second-order valence-electron chi connectivity index (χ2n) is 5.58. The molecule has 0 aliphatic heterocycles. The number of nitrogens with one attached hydrogen (secondary N) is 1. The van der Waals surface area contributed by atoms with Gasteiger partial charge in [0.05, 0.1) is 12.1 Å². The molecule has 0 heterocycles. The summed E-state index contributed by atoms with van der Waals surface area (Å²) < 4.78 is 0. The van der Waals surface area contributed by atoms with Crippen molar-refractivity contribution in [2.24, 2.45) is 0 Å². The summed E-state index contributed by atoms with van der Waals surface area (Å²) in [7, 11) is 0. The van der Waals surface area contributed by atoms with Crippen LogP contribution in [-0.2, 0) is 4.79 Å². The molecule has 0 atom stereocenters. The number of benzene rings is 1. The summed E-state index contributed by atoms with van der Waals surface area (Å²) in [6.07, 6.45) is 0. The number of anilines is 1. The molecule has 0 aliphatic rings. The number of rotatable bonds is 6. The second-order valence-corrected chi connectivity index (χ2v) is 5.98. The molecule has 0 unspecified atom stereocenters. The van der Waals surface area contributed by atoms with Crippen LogP contribution >= 0.6 is 11.6 Å². The fourth-order valence-electron chi connectivity index (χ4n) is 1.96. The lowest BCUT2D eigenvalue weighted by Gasteiger charge is -2.27. The number of halogens is 1. The average molecular weight is 299 g/mol. The van der Waals surface area contributed by atoms with Crippen LogP contribution in [0.1, 0.15) is 26.3 Å². The lowest BCUT2D eigenvalue weighted by atomic mass is 10.1. The van der Waals surface area contributed by atoms with E-state index in [1.807, 2.05) is 24.8 Å². The topological polar surface area (TPSA) is 52.6 Å². The highest BCUT2D eigenvalue weighted by Crippen LogP contribution is 2.22. The van der Waals surface area contributed by atoms with Gasteiger partial charge in [-0.15, -0.1) is 0 Å². The van der Waals surface area contributed by atoms with Crippen LogP contribution in [0.3, 0.4) is 0 Å². The molecular weight excluding hydrogens is 276 g/mol. The SMILES string of the molecule is CCN(CC(=O)Nc1cccc(Cl)c1C)CC(C)(C)O. The van der Waals surface area contributed by atoms with Crippen LogP contribution in [0.25, 0.3) is 0 Å². The van der Waals surface area contributed by atoms with Crippen molar-refractivity contribution >= 4 is 23.2 Å². The van der Waals surface area contributed by atoms with Crippen LogP contribution in [0.5, 0.6) is 0 Å². The molecule has 0 bridgehead atoms. The third kappa shape index (κ3) is 5.49. The normalized spacial score (nSPS) is 11.8. The monoisotopic (exact) mass is 298 g/mol. The Morgan fingerprint density at radius 2 is 2.10 bits per heavy atom. The first kappa shape index (κ1) is 17.0. The van der Waals surface area contributed by atoms with E-state index in [-0.39, 0.29) is 12.5 Å². The maximum absolute atomic E-state index is 12.1. The van der Waals surface area contributed by atoms with Gasteiger partial charge in [0.2, 0.25) is 5.91 Å². The number of hydrogen-bond donors (Lipinski definition) is 2. The molecule has 0 aromatic heterocycles. The number of nitrogens with zero attached hydrogens (tertiary/aromatic N) is 1. The van der Waals surface area contributed by atoms with Crippen LogP contribution in [-0.4, -0.2) is 41.1 Å². The van der Waals surface area contributed by atoms with Crippen molar-refractivity contribution in [1.29, 1.82) is 0 Å². The molecule has 1 rings (SSSR count). The minimum Gasteiger partial charge on any atom is -0.389 e. The quantitative estimate of drug-likeness (QED) is 0.849. The Kier molecular flexibility index (Phi) is 5.99. The Labute approximate surface area is 125 Å². The zero-order valence-corrected chi connectivity index (χ0v) is 13.3. The molecule has 0 spiro atoms. The Morgan fingerprint density at radius 3 is 2.65 bits per heavy atom. The van der Waals surface area contributed by atoms with E-state index in [1.54, 1.807) is 26.0 Å². The Balaban J connectivity index is 2.65. The van der Waals surface area contributed by atoms with Crippen molar-refractivity contribution < 1.29 is 9.90 Å². The van der Waals surface area contributed by atoms with Gasteiger partial charge in [-0.05, 0) is 45.0 Å². The van der Waals surface area contributed by atoms with E-state index in [2.05, 4.69) is 5.32 Å². The second kappa shape index (κ2) is 7.07. The van der Waals surface area contributed by atoms with E-state index in [1.165, 1.54) is 0 Å². The molecule has 20 heavy (non-hydrogen) atoms. The maximum Gasteiger partial charge on any atom is 0.238 e. The number of carbonyl (C=O) groups excluding carboxylic acids is 1. The third-order valence-corrected chi connectivity index (χ3v) is 3.38. The molecule has 1 aromatic rings. The van der Waals surface area contributed by atoms with Gasteiger partial charge in [0.1, 0.15) is 0 Å². The van der Waals surface area contributed by atoms with Crippen LogP contribution < -0.4 is 5.32 Å². The van der Waals surface area contributed by atoms with Crippen molar-refractivity contribution in [1.82, 2.24) is 4.90 Å². The van der Waals surface area contributed by atoms with Crippen molar-refractivity contribution in [3.63, 3.8) is 0 Å². The lowest BCUT2D eigenvalue weighted by molar-refractivity contribution is -0.117. The summed E-state index contributed by atoms with van der Waals surface area (Å²) in [5, 5.41) is 13.3. The van der Waals surface area contributed by atoms with E-state index < -0.39 is 5.60 Å². The summed E-state index contributed by atoms with van der Waals surface area (Å²) in [5.41, 5.74) is 0.761. The molecule has 0 saturated heterocycles. The molecular formula is C15H23ClN2O2. The van der Waals surface area contributed by atoms with Crippen molar-refractivity contribution in [2.75, 3.05) is 25.0 Å². The first-order valence-electron chi connectivity index (χ1n) is 6.72. The van der Waals surface area contributed by atoms with Gasteiger partial charge in [-0.3, -0.25) is 9.69 Å². The molecule has 2 N–H and O–H groups in total. The van der Waals surface area contributed by atoms with E-state index in [0.717, 1.165) is 11.3 Å². The number of hydrogen-bond acceptors (Lipinski definition) is 3. The van der Waals surface area contributed by atoms with E-state index in [4.69, 9.17) is 11.6 Å². The Hall–Kier alpha value is -1.10. The summed E-state index contributed by atoms with van der Waals surface area (Å²) in [4.78, 5) is 14.0. The number of carbonyl (C=O) groups is 1. The van der Waals surface area contributed by atoms with Crippen molar-refractivity contribution in [3.05, 3.63) is 28.8 Å². The average Bonchev–Trinajstić information content (AvgIpc) is 2.32. The summed E-state index contributed by atoms with van der Waals surface area (Å²) >= 11 is 6.02. The van der Waals surface area contributed by atoms with Gasteiger partial charge in [-0.1, -0.05) is 24.6 Å². The maximum atomic E-state index is 12.1. The third-order valence-electron chi connectivity index (χ3n) is 2.97. The van der Waals surface area contributed by atoms with Crippen molar-refractivity contribution in [3.8, 4) is 0 Å². The summed E-state index contributed by atoms with van der Waals surface area (Å²) in [5.74, 6) is -0.110. The van der Waals surface area contributed by atoms with Crippen LogP contribution in [0.2, 0.25) is 5.02 Å². The van der Waals surface area contributed by atoms with Gasteiger partial charge in [-0.25, -0.2) is 0 Å². The molecule has 0 aliphatic carbocycles. The van der Waals surface area contributed by atoms with Crippen molar-refractivity contribution in [2.45, 2.75) is 33.3 Å². The van der Waals surface area contributed by atoms with Gasteiger partial charge in [0.25, 0.3) is 0 Å². The van der Waals surface area contributed by atoms with Gasteiger partial charge >= 0.3 is 0 Å². The van der Waals surface area contributed by atoms with E-state index >= 15 is 0 Å². The Morgan fingerprint density at radius 1 is 1.45 bits per heavy atom. The van der Waals surface area contributed by atoms with Crippen LogP contribution in [0, 0.1) is 6.92 Å². The van der Waals surface area contributed by atoms with Gasteiger partial charge in [0, 0.05) is 17.3 Å². The first-order valence-corrected chi connectivity index (χ1v) is 7.10. The molecule has 5 heteroatoms. The first-order chi connectivity index (χ1) is 9.23. The Bertz CT molecular complexity index is 469. The van der Waals surface area contributed by atoms with Gasteiger partial charge in [-0.2, -0.15) is 0 Å². The zero-order chi connectivity index (χ0) is 15.3. The molecule has 0 saturated carbocycles. The highest BCUT2D eigenvalue weighted by molar-refractivity contribution is 6.31. The molecule has 4 nitrogen and oxygen atoms in total. The molecule has 112 valence electrons. The van der Waals surface area contributed by atoms with Gasteiger partial charge < -0.3 is 10.4 Å². The van der Waals surface area contributed by atoms with Gasteiger partial charge in [0.15, 0.2) is 0 Å². The summed E-state index contributed by atoms with van der Waals surface area (Å²) in [6.45, 7) is 8.68. The molecule has 0 radical (unpaired) electrons. The zero-order valence-electron chi connectivity index (χ0n) is 12.5. The number of aliphatic hydroxyl groups is 1. The number of likely N-dealkylation sites (N-methyl/N-ethyl adjacent to an activating group) is 1. The smallest absolute Gasteiger partial charge is 0.238 e. The standard InChI is InChI=1S/C15H23ClN2O2/c1-5-18(10-15(3,4)20)9-14(19)17-13-8-6-7-12(16)11(13)2/h6-8,20H,5,9-10H2,1-4H3,(H,17,19). The van der Waals surface area contributed by atoms with E-state index in [0.29, 0.717) is 18.1 Å². The fraction of sp³-hybridized carbons (Fsp3) is 0.533. The minimum absolute atomic E-state index is 0.110. The largest absolute Gasteiger partial charge is 0.389 e.